The molecule has 2 fully saturated rings. The average Bonchev–Trinajstić information content (AvgIpc) is 2.86. The van der Waals surface area contributed by atoms with Gasteiger partial charge in [-0.15, -0.1) is 0 Å². The van der Waals surface area contributed by atoms with E-state index in [1.165, 1.54) is 0 Å². The van der Waals surface area contributed by atoms with Crippen molar-refractivity contribution in [2.45, 2.75) is 57.9 Å². The Bertz CT molecular complexity index is 381. The second kappa shape index (κ2) is 5.72. The fourth-order valence-corrected chi connectivity index (χ4v) is 3.31. The van der Waals surface area contributed by atoms with E-state index in [0.29, 0.717) is 18.8 Å². The first-order valence-electron chi connectivity index (χ1n) is 7.65. The van der Waals surface area contributed by atoms with Gasteiger partial charge in [0, 0.05) is 6.54 Å². The standard InChI is InChI=1S/C15H26N2O3/c1-11-4-7-15(8-5-11,13(19)20)10-16-12(18)14(2)6-3-9-17-14/h11,17H,3-10H2,1-2H3,(H,16,18)(H,19,20). The molecular formula is C15H26N2O3. The van der Waals surface area contributed by atoms with Crippen LogP contribution in [-0.2, 0) is 9.59 Å². The zero-order valence-electron chi connectivity index (χ0n) is 12.5. The van der Waals surface area contributed by atoms with Crippen molar-refractivity contribution in [3.05, 3.63) is 0 Å². The lowest BCUT2D eigenvalue weighted by Gasteiger charge is -2.36. The normalized spacial score (nSPS) is 37.6. The van der Waals surface area contributed by atoms with Crippen molar-refractivity contribution in [2.24, 2.45) is 11.3 Å². The maximum atomic E-state index is 12.3. The van der Waals surface area contributed by atoms with Crippen molar-refractivity contribution in [3.8, 4) is 0 Å². The monoisotopic (exact) mass is 282 g/mol. The van der Waals surface area contributed by atoms with E-state index < -0.39 is 16.9 Å². The van der Waals surface area contributed by atoms with Crippen LogP contribution in [0.4, 0.5) is 0 Å². The van der Waals surface area contributed by atoms with Gasteiger partial charge in [0.05, 0.1) is 11.0 Å². The van der Waals surface area contributed by atoms with Gasteiger partial charge in [-0.3, -0.25) is 9.59 Å². The summed E-state index contributed by atoms with van der Waals surface area (Å²) < 4.78 is 0. The van der Waals surface area contributed by atoms with Gasteiger partial charge in [0.1, 0.15) is 0 Å². The summed E-state index contributed by atoms with van der Waals surface area (Å²) in [6.45, 7) is 5.16. The van der Waals surface area contributed by atoms with Crippen molar-refractivity contribution in [2.75, 3.05) is 13.1 Å². The van der Waals surface area contributed by atoms with Crippen LogP contribution in [0, 0.1) is 11.3 Å². The van der Waals surface area contributed by atoms with Crippen LogP contribution < -0.4 is 10.6 Å². The second-order valence-electron chi connectivity index (χ2n) is 6.81. The molecule has 1 aliphatic heterocycles. The molecule has 5 heteroatoms. The maximum Gasteiger partial charge on any atom is 0.311 e. The zero-order chi connectivity index (χ0) is 14.8. The van der Waals surface area contributed by atoms with Gasteiger partial charge in [0.25, 0.3) is 0 Å². The first-order chi connectivity index (χ1) is 9.38. The van der Waals surface area contributed by atoms with Gasteiger partial charge in [0.15, 0.2) is 0 Å². The lowest BCUT2D eigenvalue weighted by Crippen LogP contribution is -2.54. The van der Waals surface area contributed by atoms with Crippen LogP contribution >= 0.6 is 0 Å². The summed E-state index contributed by atoms with van der Waals surface area (Å²) in [6.07, 6.45) is 4.98. The molecule has 1 atom stereocenters. The molecule has 0 spiro atoms. The number of amides is 1. The Morgan fingerprint density at radius 2 is 1.95 bits per heavy atom. The molecule has 2 aliphatic rings. The van der Waals surface area contributed by atoms with Crippen LogP contribution in [0.3, 0.4) is 0 Å². The third kappa shape index (κ3) is 2.97. The SMILES string of the molecule is CC1CCC(CNC(=O)C2(C)CCCN2)(C(=O)O)CC1. The lowest BCUT2D eigenvalue weighted by molar-refractivity contribution is -0.151. The second-order valence-corrected chi connectivity index (χ2v) is 6.81. The van der Waals surface area contributed by atoms with Gasteiger partial charge in [0.2, 0.25) is 5.91 Å². The van der Waals surface area contributed by atoms with Crippen LogP contribution in [0.2, 0.25) is 0 Å². The molecule has 5 nitrogen and oxygen atoms in total. The van der Waals surface area contributed by atoms with E-state index in [1.54, 1.807) is 0 Å². The average molecular weight is 282 g/mol. The van der Waals surface area contributed by atoms with E-state index in [0.717, 1.165) is 32.2 Å². The summed E-state index contributed by atoms with van der Waals surface area (Å²) in [5, 5.41) is 15.6. The molecule has 1 heterocycles. The number of aliphatic carboxylic acids is 1. The summed E-state index contributed by atoms with van der Waals surface area (Å²) in [5.74, 6) is -0.240. The molecule has 0 aromatic rings. The van der Waals surface area contributed by atoms with Gasteiger partial charge in [-0.1, -0.05) is 6.92 Å². The van der Waals surface area contributed by atoms with Crippen molar-refractivity contribution in [1.82, 2.24) is 10.6 Å². The Morgan fingerprint density at radius 3 is 2.45 bits per heavy atom. The number of hydrogen-bond donors (Lipinski definition) is 3. The minimum Gasteiger partial charge on any atom is -0.481 e. The zero-order valence-corrected chi connectivity index (χ0v) is 12.5. The summed E-state index contributed by atoms with van der Waals surface area (Å²) in [5.41, 5.74) is -1.29. The summed E-state index contributed by atoms with van der Waals surface area (Å²) >= 11 is 0. The summed E-state index contributed by atoms with van der Waals surface area (Å²) in [6, 6.07) is 0. The predicted octanol–water partition coefficient (Wildman–Crippen LogP) is 1.53. The highest BCUT2D eigenvalue weighted by Gasteiger charge is 2.43. The minimum atomic E-state index is -0.769. The lowest BCUT2D eigenvalue weighted by atomic mass is 9.70. The quantitative estimate of drug-likeness (QED) is 0.730. The number of carboxylic acid groups (broad SMARTS) is 1. The highest BCUT2D eigenvalue weighted by Crippen LogP contribution is 2.38. The summed E-state index contributed by atoms with van der Waals surface area (Å²) in [4.78, 5) is 23.9. The molecule has 1 saturated heterocycles. The van der Waals surface area contributed by atoms with Crippen molar-refractivity contribution >= 4 is 11.9 Å². The molecule has 0 aromatic carbocycles. The maximum absolute atomic E-state index is 12.3. The van der Waals surface area contributed by atoms with Gasteiger partial charge in [-0.05, 0) is 57.9 Å². The third-order valence-corrected chi connectivity index (χ3v) is 5.14. The van der Waals surface area contributed by atoms with E-state index in [-0.39, 0.29) is 12.5 Å². The number of hydrogen-bond acceptors (Lipinski definition) is 3. The fourth-order valence-electron chi connectivity index (χ4n) is 3.31. The van der Waals surface area contributed by atoms with E-state index in [9.17, 15) is 14.7 Å². The minimum absolute atomic E-state index is 0.0609. The Kier molecular flexibility index (Phi) is 4.37. The highest BCUT2D eigenvalue weighted by atomic mass is 16.4. The molecule has 20 heavy (non-hydrogen) atoms. The van der Waals surface area contributed by atoms with Gasteiger partial charge >= 0.3 is 5.97 Å². The molecule has 1 aliphatic carbocycles. The smallest absolute Gasteiger partial charge is 0.311 e. The van der Waals surface area contributed by atoms with E-state index >= 15 is 0 Å². The predicted molar refractivity (Wildman–Crippen MR) is 76.4 cm³/mol. The van der Waals surface area contributed by atoms with E-state index in [1.807, 2.05) is 6.92 Å². The van der Waals surface area contributed by atoms with Gasteiger partial charge in [-0.25, -0.2) is 0 Å². The van der Waals surface area contributed by atoms with Crippen molar-refractivity contribution in [3.63, 3.8) is 0 Å². The molecular weight excluding hydrogens is 256 g/mol. The van der Waals surface area contributed by atoms with E-state index in [4.69, 9.17) is 0 Å². The summed E-state index contributed by atoms with van der Waals surface area (Å²) in [7, 11) is 0. The van der Waals surface area contributed by atoms with E-state index in [2.05, 4.69) is 17.6 Å². The van der Waals surface area contributed by atoms with Crippen LogP contribution in [-0.4, -0.2) is 35.6 Å². The molecule has 0 aromatic heterocycles. The number of carboxylic acids is 1. The van der Waals surface area contributed by atoms with Gasteiger partial charge < -0.3 is 15.7 Å². The Hall–Kier alpha value is -1.10. The molecule has 1 saturated carbocycles. The number of nitrogens with one attached hydrogen (secondary N) is 2. The molecule has 1 unspecified atom stereocenters. The van der Waals surface area contributed by atoms with Crippen LogP contribution in [0.15, 0.2) is 0 Å². The Balaban J connectivity index is 1.96. The Morgan fingerprint density at radius 1 is 1.30 bits per heavy atom. The molecule has 3 N–H and O–H groups in total. The topological polar surface area (TPSA) is 78.4 Å². The van der Waals surface area contributed by atoms with Crippen LogP contribution in [0.25, 0.3) is 0 Å². The largest absolute Gasteiger partial charge is 0.481 e. The highest BCUT2D eigenvalue weighted by molar-refractivity contribution is 5.87. The van der Waals surface area contributed by atoms with Crippen LogP contribution in [0.5, 0.6) is 0 Å². The fraction of sp³-hybridized carbons (Fsp3) is 0.867. The van der Waals surface area contributed by atoms with Crippen molar-refractivity contribution < 1.29 is 14.7 Å². The van der Waals surface area contributed by atoms with Crippen LogP contribution in [0.1, 0.15) is 52.4 Å². The molecule has 2 rings (SSSR count). The molecule has 0 radical (unpaired) electrons. The first-order valence-corrected chi connectivity index (χ1v) is 7.65. The number of carbonyl (C=O) groups excluding carboxylic acids is 1. The molecule has 1 amide bonds. The van der Waals surface area contributed by atoms with Gasteiger partial charge in [-0.2, -0.15) is 0 Å². The number of rotatable bonds is 4. The third-order valence-electron chi connectivity index (χ3n) is 5.14. The molecule has 0 bridgehead atoms. The molecule has 114 valence electrons. The van der Waals surface area contributed by atoms with Crippen molar-refractivity contribution in [1.29, 1.82) is 0 Å². The number of carbonyl (C=O) groups is 2. The Labute approximate surface area is 120 Å². The first kappa shape index (κ1) is 15.3.